The molecule has 0 unspecified atom stereocenters. The summed E-state index contributed by atoms with van der Waals surface area (Å²) in [6, 6.07) is 9.08. The molecule has 1 heterocycles. The second-order valence-corrected chi connectivity index (χ2v) is 8.70. The number of ether oxygens (including phenoxy) is 1. The molecule has 29 heavy (non-hydrogen) atoms. The van der Waals surface area contributed by atoms with Gasteiger partial charge in [-0.3, -0.25) is 0 Å². The second kappa shape index (κ2) is 11.1. The van der Waals surface area contributed by atoms with Crippen molar-refractivity contribution >= 4 is 27.2 Å². The molecule has 0 amide bonds. The van der Waals surface area contributed by atoms with Crippen molar-refractivity contribution < 1.29 is 13.2 Å². The van der Waals surface area contributed by atoms with E-state index in [0.717, 1.165) is 11.3 Å². The normalized spacial score (nSPS) is 11.2. The minimum Gasteiger partial charge on any atom is -0.383 e. The van der Waals surface area contributed by atoms with E-state index >= 15 is 0 Å². The standard InChI is InChI=1S/C20H28N4O3S2/c1-4-11-24-18(15-23(12-13-27-3)19(28)21-5-2)14-22-20(24)29(25,26)16-17-9-7-6-8-10-17/h4,6-10,14H,1,5,11-13,15-16H2,2-3H3,(H,21,28). The van der Waals surface area contributed by atoms with Crippen molar-refractivity contribution in [1.82, 2.24) is 19.8 Å². The highest BCUT2D eigenvalue weighted by molar-refractivity contribution is 7.90. The van der Waals surface area contributed by atoms with Crippen LogP contribution in [0.1, 0.15) is 18.2 Å². The third kappa shape index (κ3) is 6.38. The Balaban J connectivity index is 2.32. The Hall–Kier alpha value is -2.23. The molecule has 0 fully saturated rings. The fourth-order valence-corrected chi connectivity index (χ4v) is 4.66. The van der Waals surface area contributed by atoms with E-state index in [0.29, 0.717) is 37.9 Å². The molecule has 0 atom stereocenters. The molecule has 2 rings (SSSR count). The summed E-state index contributed by atoms with van der Waals surface area (Å²) in [5, 5.41) is 3.76. The molecule has 7 nitrogen and oxygen atoms in total. The summed E-state index contributed by atoms with van der Waals surface area (Å²) in [5.41, 5.74) is 1.46. The van der Waals surface area contributed by atoms with Crippen molar-refractivity contribution in [2.75, 3.05) is 26.8 Å². The first-order chi connectivity index (χ1) is 13.9. The average Bonchev–Trinajstić information content (AvgIpc) is 3.09. The largest absolute Gasteiger partial charge is 0.383 e. The fraction of sp³-hybridized carbons (Fsp3) is 0.400. The SMILES string of the molecule is C=CCn1c(CN(CCOC)C(=S)NCC)cnc1S(=O)(=O)Cc1ccccc1. The van der Waals surface area contributed by atoms with Gasteiger partial charge in [-0.2, -0.15) is 0 Å². The van der Waals surface area contributed by atoms with Crippen LogP contribution in [0.3, 0.4) is 0 Å². The third-order valence-corrected chi connectivity index (χ3v) is 6.22. The van der Waals surface area contributed by atoms with Gasteiger partial charge in [-0.1, -0.05) is 36.4 Å². The van der Waals surface area contributed by atoms with Gasteiger partial charge >= 0.3 is 0 Å². The highest BCUT2D eigenvalue weighted by Crippen LogP contribution is 2.19. The lowest BCUT2D eigenvalue weighted by Gasteiger charge is -2.25. The van der Waals surface area contributed by atoms with E-state index < -0.39 is 9.84 Å². The van der Waals surface area contributed by atoms with Crippen LogP contribution in [0.5, 0.6) is 0 Å². The predicted octanol–water partition coefficient (Wildman–Crippen LogP) is 2.39. The molecule has 158 valence electrons. The Morgan fingerprint density at radius 2 is 2.10 bits per heavy atom. The molecule has 2 aromatic rings. The number of rotatable bonds is 11. The zero-order valence-electron chi connectivity index (χ0n) is 16.9. The summed E-state index contributed by atoms with van der Waals surface area (Å²) in [7, 11) is -1.99. The Kier molecular flexibility index (Phi) is 8.81. The van der Waals surface area contributed by atoms with Crippen LogP contribution < -0.4 is 5.32 Å². The van der Waals surface area contributed by atoms with Gasteiger partial charge in [-0.15, -0.1) is 6.58 Å². The van der Waals surface area contributed by atoms with Crippen molar-refractivity contribution in [3.63, 3.8) is 0 Å². The minimum atomic E-state index is -3.62. The molecule has 0 bridgehead atoms. The van der Waals surface area contributed by atoms with Gasteiger partial charge in [0, 0.05) is 26.7 Å². The highest BCUT2D eigenvalue weighted by Gasteiger charge is 2.24. The van der Waals surface area contributed by atoms with Gasteiger partial charge in [0.2, 0.25) is 15.0 Å². The average molecular weight is 437 g/mol. The molecule has 0 saturated carbocycles. The van der Waals surface area contributed by atoms with Crippen LogP contribution in [0.2, 0.25) is 0 Å². The van der Waals surface area contributed by atoms with E-state index in [1.807, 2.05) is 30.0 Å². The number of methoxy groups -OCH3 is 1. The second-order valence-electron chi connectivity index (χ2n) is 6.43. The molecule has 0 radical (unpaired) electrons. The van der Waals surface area contributed by atoms with Gasteiger partial charge in [0.1, 0.15) is 0 Å². The van der Waals surface area contributed by atoms with Gasteiger partial charge in [0.25, 0.3) is 0 Å². The molecular weight excluding hydrogens is 408 g/mol. The Morgan fingerprint density at radius 1 is 1.38 bits per heavy atom. The molecular formula is C20H28N4O3S2. The maximum atomic E-state index is 13.0. The number of nitrogens with one attached hydrogen (secondary N) is 1. The maximum absolute atomic E-state index is 13.0. The summed E-state index contributed by atoms with van der Waals surface area (Å²) < 4.78 is 32.9. The third-order valence-electron chi connectivity index (χ3n) is 4.22. The number of sulfone groups is 1. The highest BCUT2D eigenvalue weighted by atomic mass is 32.2. The Labute approximate surface area is 178 Å². The zero-order valence-corrected chi connectivity index (χ0v) is 18.5. The lowest BCUT2D eigenvalue weighted by Crippen LogP contribution is -2.41. The minimum absolute atomic E-state index is 0.0392. The van der Waals surface area contributed by atoms with E-state index in [4.69, 9.17) is 17.0 Å². The van der Waals surface area contributed by atoms with Crippen LogP contribution in [-0.2, 0) is 33.4 Å². The molecule has 0 aliphatic heterocycles. The number of aromatic nitrogens is 2. The van der Waals surface area contributed by atoms with Crippen LogP contribution in [0, 0.1) is 0 Å². The monoisotopic (exact) mass is 436 g/mol. The number of hydrogen-bond acceptors (Lipinski definition) is 5. The van der Waals surface area contributed by atoms with E-state index in [2.05, 4.69) is 16.9 Å². The van der Waals surface area contributed by atoms with Crippen molar-refractivity contribution in [1.29, 1.82) is 0 Å². The number of hydrogen-bond donors (Lipinski definition) is 1. The number of thiocarbonyl (C=S) groups is 1. The first-order valence-corrected chi connectivity index (χ1v) is 11.4. The summed E-state index contributed by atoms with van der Waals surface area (Å²) >= 11 is 5.45. The summed E-state index contributed by atoms with van der Waals surface area (Å²) in [4.78, 5) is 6.18. The first-order valence-electron chi connectivity index (χ1n) is 9.36. The van der Waals surface area contributed by atoms with E-state index in [1.54, 1.807) is 36.1 Å². The van der Waals surface area contributed by atoms with E-state index in [-0.39, 0.29) is 10.9 Å². The summed E-state index contributed by atoms with van der Waals surface area (Å²) in [6.45, 7) is 8.26. The van der Waals surface area contributed by atoms with Crippen molar-refractivity contribution in [3.05, 3.63) is 60.4 Å². The molecule has 1 aromatic heterocycles. The molecule has 0 spiro atoms. The lowest BCUT2D eigenvalue weighted by molar-refractivity contribution is 0.173. The van der Waals surface area contributed by atoms with E-state index in [1.165, 1.54) is 0 Å². The smallest absolute Gasteiger partial charge is 0.228 e. The molecule has 0 saturated heterocycles. The predicted molar refractivity (Wildman–Crippen MR) is 118 cm³/mol. The Morgan fingerprint density at radius 3 is 2.72 bits per heavy atom. The Bertz CT molecular complexity index is 911. The number of nitrogens with zero attached hydrogens (tertiary/aromatic N) is 3. The van der Waals surface area contributed by atoms with Crippen LogP contribution in [-0.4, -0.2) is 54.8 Å². The van der Waals surface area contributed by atoms with Crippen LogP contribution in [0.4, 0.5) is 0 Å². The first kappa shape index (κ1) is 23.1. The van der Waals surface area contributed by atoms with Crippen LogP contribution in [0.15, 0.2) is 54.3 Å². The number of benzene rings is 1. The van der Waals surface area contributed by atoms with Crippen LogP contribution >= 0.6 is 12.2 Å². The van der Waals surface area contributed by atoms with Crippen LogP contribution in [0.25, 0.3) is 0 Å². The van der Waals surface area contributed by atoms with Gasteiger partial charge in [-0.25, -0.2) is 13.4 Å². The molecule has 1 N–H and O–H groups in total. The fourth-order valence-electron chi connectivity index (χ4n) is 2.86. The molecule has 0 aliphatic rings. The molecule has 1 aromatic carbocycles. The number of allylic oxidation sites excluding steroid dienone is 1. The number of imidazole rings is 1. The van der Waals surface area contributed by atoms with Gasteiger partial charge in [0.15, 0.2) is 5.11 Å². The van der Waals surface area contributed by atoms with Gasteiger partial charge in [-0.05, 0) is 24.7 Å². The summed E-state index contributed by atoms with van der Waals surface area (Å²) in [6.07, 6.45) is 3.25. The van der Waals surface area contributed by atoms with Crippen molar-refractivity contribution in [3.8, 4) is 0 Å². The summed E-state index contributed by atoms with van der Waals surface area (Å²) in [5.74, 6) is -0.107. The van der Waals surface area contributed by atoms with Crippen molar-refractivity contribution in [2.45, 2.75) is 30.9 Å². The van der Waals surface area contributed by atoms with Gasteiger partial charge < -0.3 is 19.5 Å². The molecule has 9 heteroatoms. The van der Waals surface area contributed by atoms with Crippen molar-refractivity contribution in [2.24, 2.45) is 0 Å². The van der Waals surface area contributed by atoms with E-state index in [9.17, 15) is 8.42 Å². The maximum Gasteiger partial charge on any atom is 0.228 e. The molecule has 0 aliphatic carbocycles. The lowest BCUT2D eigenvalue weighted by atomic mass is 10.2. The quantitative estimate of drug-likeness (QED) is 0.428. The zero-order chi connectivity index (χ0) is 21.3. The van der Waals surface area contributed by atoms with Gasteiger partial charge in [0.05, 0.1) is 30.8 Å². The topological polar surface area (TPSA) is 76.5 Å².